The molecule has 1 heterocycles. The van der Waals surface area contributed by atoms with Crippen LogP contribution >= 0.6 is 0 Å². The summed E-state index contributed by atoms with van der Waals surface area (Å²) >= 11 is 0. The Kier molecular flexibility index (Phi) is 11.2. The molecule has 1 saturated heterocycles. The fourth-order valence-corrected chi connectivity index (χ4v) is 4.47. The maximum absolute atomic E-state index is 13.3. The molecule has 0 aromatic heterocycles. The Labute approximate surface area is 229 Å². The Balaban J connectivity index is 1.67. The Bertz CT molecular complexity index is 1130. The molecule has 0 spiro atoms. The third-order valence-corrected chi connectivity index (χ3v) is 6.78. The number of unbranched alkanes of at least 4 members (excludes halogenated alkanes) is 1. The molecule has 3 rings (SSSR count). The summed E-state index contributed by atoms with van der Waals surface area (Å²) in [5.74, 6) is -2.71. The molecule has 208 valence electrons. The Morgan fingerprint density at radius 2 is 1.41 bits per heavy atom. The zero-order valence-electron chi connectivity index (χ0n) is 22.7. The predicted octanol–water partition coefficient (Wildman–Crippen LogP) is 2.40. The van der Waals surface area contributed by atoms with Crippen molar-refractivity contribution < 1.29 is 24.0 Å². The number of nitrogens with one attached hydrogen (secondary N) is 3. The van der Waals surface area contributed by atoms with Gasteiger partial charge in [0.15, 0.2) is 0 Å². The second kappa shape index (κ2) is 14.8. The Hall–Kier alpha value is -4.01. The molecule has 3 atom stereocenters. The molecule has 3 N–H and O–H groups in total. The van der Waals surface area contributed by atoms with Gasteiger partial charge < -0.3 is 20.9 Å². The van der Waals surface area contributed by atoms with Gasteiger partial charge in [-0.2, -0.15) is 0 Å². The first kappa shape index (κ1) is 29.5. The van der Waals surface area contributed by atoms with Gasteiger partial charge >= 0.3 is 0 Å². The number of rotatable bonds is 13. The lowest BCUT2D eigenvalue weighted by Gasteiger charge is -2.24. The molecule has 0 unspecified atom stereocenters. The van der Waals surface area contributed by atoms with E-state index in [1.165, 1.54) is 11.8 Å². The van der Waals surface area contributed by atoms with Crippen molar-refractivity contribution in [3.8, 4) is 0 Å². The Morgan fingerprint density at radius 3 is 2.03 bits per heavy atom. The maximum atomic E-state index is 13.3. The van der Waals surface area contributed by atoms with Gasteiger partial charge in [-0.15, -0.1) is 0 Å². The van der Waals surface area contributed by atoms with Crippen molar-refractivity contribution >= 4 is 29.4 Å². The van der Waals surface area contributed by atoms with Crippen molar-refractivity contribution in [1.29, 1.82) is 0 Å². The van der Waals surface area contributed by atoms with Crippen molar-refractivity contribution in [2.75, 3.05) is 13.1 Å². The molecule has 1 aliphatic rings. The zero-order valence-corrected chi connectivity index (χ0v) is 22.7. The van der Waals surface area contributed by atoms with Gasteiger partial charge in [0, 0.05) is 25.1 Å². The van der Waals surface area contributed by atoms with Crippen LogP contribution in [-0.4, -0.2) is 65.5 Å². The molecule has 39 heavy (non-hydrogen) atoms. The van der Waals surface area contributed by atoms with Crippen molar-refractivity contribution in [2.24, 2.45) is 0 Å². The fourth-order valence-electron chi connectivity index (χ4n) is 4.47. The lowest BCUT2D eigenvalue weighted by Crippen LogP contribution is -2.56. The van der Waals surface area contributed by atoms with Crippen LogP contribution in [0.25, 0.3) is 0 Å². The van der Waals surface area contributed by atoms with Crippen LogP contribution < -0.4 is 16.0 Å². The number of likely N-dealkylation sites (tertiary alicyclic amines) is 1. The molecule has 0 radical (unpaired) electrons. The molecule has 1 fully saturated rings. The van der Waals surface area contributed by atoms with Crippen LogP contribution in [0.3, 0.4) is 0 Å². The number of nitrogens with zero attached hydrogens (tertiary/aromatic N) is 1. The quantitative estimate of drug-likeness (QED) is 0.341. The largest absolute Gasteiger partial charge is 0.344 e. The number of hydrogen-bond donors (Lipinski definition) is 3. The third kappa shape index (κ3) is 8.77. The zero-order chi connectivity index (χ0) is 28.2. The number of Topliss-reactive ketones (excluding diaryl/α,β-unsaturated/α-hetero) is 1. The maximum Gasteiger partial charge on any atom is 0.292 e. The fraction of sp³-hybridized carbons (Fsp3) is 0.433. The van der Waals surface area contributed by atoms with Gasteiger partial charge in [-0.3, -0.25) is 24.0 Å². The molecule has 0 bridgehead atoms. The molecular weight excluding hydrogens is 496 g/mol. The normalized spacial score (nSPS) is 15.1. The second-order valence-corrected chi connectivity index (χ2v) is 9.88. The first-order valence-corrected chi connectivity index (χ1v) is 13.6. The van der Waals surface area contributed by atoms with E-state index in [-0.39, 0.29) is 6.42 Å². The highest BCUT2D eigenvalue weighted by atomic mass is 16.2. The van der Waals surface area contributed by atoms with E-state index in [4.69, 9.17) is 0 Å². The van der Waals surface area contributed by atoms with E-state index in [0.717, 1.165) is 24.8 Å². The third-order valence-electron chi connectivity index (χ3n) is 6.78. The summed E-state index contributed by atoms with van der Waals surface area (Å²) in [4.78, 5) is 66.3. The van der Waals surface area contributed by atoms with Crippen LogP contribution in [0.4, 0.5) is 0 Å². The van der Waals surface area contributed by atoms with Crippen LogP contribution in [0, 0.1) is 0 Å². The molecule has 0 aliphatic carbocycles. The van der Waals surface area contributed by atoms with Gasteiger partial charge in [0.2, 0.25) is 17.6 Å². The number of carbonyl (C=O) groups excluding carboxylic acids is 5. The van der Waals surface area contributed by atoms with Gasteiger partial charge in [0.25, 0.3) is 11.8 Å². The highest BCUT2D eigenvalue weighted by Gasteiger charge is 2.33. The van der Waals surface area contributed by atoms with Crippen molar-refractivity contribution in [1.82, 2.24) is 20.9 Å². The van der Waals surface area contributed by atoms with Gasteiger partial charge in [-0.25, -0.2) is 0 Å². The summed E-state index contributed by atoms with van der Waals surface area (Å²) in [5.41, 5.74) is 1.25. The molecule has 1 aliphatic heterocycles. The average molecular weight is 535 g/mol. The first-order chi connectivity index (χ1) is 18.8. The van der Waals surface area contributed by atoms with Gasteiger partial charge in [-0.1, -0.05) is 68.3 Å². The molecule has 2 aromatic rings. The van der Waals surface area contributed by atoms with Crippen LogP contribution in [-0.2, 0) is 25.6 Å². The van der Waals surface area contributed by atoms with E-state index in [1.807, 2.05) is 37.3 Å². The molecule has 0 saturated carbocycles. The van der Waals surface area contributed by atoms with Gasteiger partial charge in [0.1, 0.15) is 12.1 Å². The van der Waals surface area contributed by atoms with E-state index in [1.54, 1.807) is 30.3 Å². The lowest BCUT2D eigenvalue weighted by molar-refractivity contribution is -0.145. The van der Waals surface area contributed by atoms with E-state index in [0.29, 0.717) is 31.5 Å². The van der Waals surface area contributed by atoms with E-state index in [2.05, 4.69) is 16.0 Å². The predicted molar refractivity (Wildman–Crippen MR) is 148 cm³/mol. The van der Waals surface area contributed by atoms with Gasteiger partial charge in [-0.05, 0) is 43.9 Å². The summed E-state index contributed by atoms with van der Waals surface area (Å²) in [6, 6.07) is 14.9. The summed E-state index contributed by atoms with van der Waals surface area (Å²) in [6.45, 7) is 4.56. The summed E-state index contributed by atoms with van der Waals surface area (Å²) in [5, 5.41) is 8.12. The molecule has 2 aromatic carbocycles. The molecule has 9 heteroatoms. The number of carbonyl (C=O) groups is 5. The highest BCUT2D eigenvalue weighted by Crippen LogP contribution is 2.11. The van der Waals surface area contributed by atoms with Crippen molar-refractivity contribution in [3.63, 3.8) is 0 Å². The lowest BCUT2D eigenvalue weighted by atomic mass is 10.0. The first-order valence-electron chi connectivity index (χ1n) is 13.6. The van der Waals surface area contributed by atoms with E-state index >= 15 is 0 Å². The number of hydrogen-bond acceptors (Lipinski definition) is 5. The minimum absolute atomic E-state index is 0.224. The van der Waals surface area contributed by atoms with Crippen LogP contribution in [0.2, 0.25) is 0 Å². The molecule has 9 nitrogen and oxygen atoms in total. The van der Waals surface area contributed by atoms with Gasteiger partial charge in [0.05, 0.1) is 6.04 Å². The minimum Gasteiger partial charge on any atom is -0.344 e. The summed E-state index contributed by atoms with van der Waals surface area (Å²) < 4.78 is 0. The minimum atomic E-state index is -0.997. The topological polar surface area (TPSA) is 125 Å². The van der Waals surface area contributed by atoms with Crippen LogP contribution in [0.1, 0.15) is 61.9 Å². The molecule has 4 amide bonds. The van der Waals surface area contributed by atoms with E-state index in [9.17, 15) is 24.0 Å². The van der Waals surface area contributed by atoms with Crippen LogP contribution in [0.5, 0.6) is 0 Å². The smallest absolute Gasteiger partial charge is 0.292 e. The standard InChI is InChI=1S/C30H38N4O5/c1-3-4-17-24(26(35)30(39)34-18-11-12-19-34)32-27(36)21(2)31-29(38)25(20-22-13-7-5-8-14-22)33-28(37)23-15-9-6-10-16-23/h5-10,13-16,21,24-25H,3-4,11-12,17-20H2,1-2H3,(H,31,38)(H,32,36)(H,33,37)/t21-,24-,25-/m0/s1. The van der Waals surface area contributed by atoms with Crippen molar-refractivity contribution in [3.05, 3.63) is 71.8 Å². The number of amides is 4. The summed E-state index contributed by atoms with van der Waals surface area (Å²) in [7, 11) is 0. The Morgan fingerprint density at radius 1 is 0.795 bits per heavy atom. The highest BCUT2D eigenvalue weighted by molar-refractivity contribution is 6.38. The second-order valence-electron chi connectivity index (χ2n) is 9.88. The SMILES string of the molecule is CCCC[C@H](NC(=O)[C@H](C)NC(=O)[C@H](Cc1ccccc1)NC(=O)c1ccccc1)C(=O)C(=O)N1CCCC1. The van der Waals surface area contributed by atoms with Crippen LogP contribution in [0.15, 0.2) is 60.7 Å². The van der Waals surface area contributed by atoms with Crippen molar-refractivity contribution in [2.45, 2.75) is 70.5 Å². The monoisotopic (exact) mass is 534 g/mol. The average Bonchev–Trinajstić information content (AvgIpc) is 3.50. The van der Waals surface area contributed by atoms with E-state index < -0.39 is 47.5 Å². The summed E-state index contributed by atoms with van der Waals surface area (Å²) in [6.07, 6.45) is 3.74. The number of ketones is 1. The molecular formula is C30H38N4O5. The number of benzene rings is 2.